The Morgan fingerprint density at radius 1 is 1.29 bits per heavy atom. The van der Waals surface area contributed by atoms with Crippen molar-refractivity contribution in [1.82, 2.24) is 4.90 Å². The summed E-state index contributed by atoms with van der Waals surface area (Å²) in [4.78, 5) is 24.0. The number of carbonyl (C=O) groups is 2. The van der Waals surface area contributed by atoms with Gasteiger partial charge >= 0.3 is 0 Å². The van der Waals surface area contributed by atoms with E-state index in [0.29, 0.717) is 18.4 Å². The van der Waals surface area contributed by atoms with Crippen LogP contribution in [0.15, 0.2) is 12.2 Å². The Morgan fingerprint density at radius 2 is 1.93 bits per heavy atom. The van der Waals surface area contributed by atoms with Gasteiger partial charge in [-0.25, -0.2) is 0 Å². The Bertz CT molecular complexity index is 278. The molecule has 2 unspecified atom stereocenters. The fourth-order valence-corrected chi connectivity index (χ4v) is 2.34. The Morgan fingerprint density at radius 3 is 2.43 bits per heavy atom. The first-order valence-corrected chi connectivity index (χ1v) is 5.22. The van der Waals surface area contributed by atoms with Gasteiger partial charge in [0.1, 0.15) is 0 Å². The average Bonchev–Trinajstić information content (AvgIpc) is 2.67. The monoisotopic (exact) mass is 193 g/mol. The number of rotatable bonds is 2. The number of imide groups is 1. The molecule has 2 amide bonds. The predicted octanol–water partition coefficient (Wildman–Crippen LogP) is 1.35. The Kier molecular flexibility index (Phi) is 2.40. The van der Waals surface area contributed by atoms with Crippen LogP contribution in [0, 0.1) is 11.8 Å². The maximum atomic E-state index is 11.3. The highest BCUT2D eigenvalue weighted by atomic mass is 16.2. The molecule has 0 saturated heterocycles. The van der Waals surface area contributed by atoms with Crippen molar-refractivity contribution >= 4 is 11.8 Å². The van der Waals surface area contributed by atoms with E-state index in [0.717, 1.165) is 6.42 Å². The van der Waals surface area contributed by atoms with Gasteiger partial charge in [-0.05, 0) is 18.3 Å². The Hall–Kier alpha value is -1.12. The van der Waals surface area contributed by atoms with E-state index in [1.807, 2.05) is 0 Å². The van der Waals surface area contributed by atoms with Crippen LogP contribution in [-0.4, -0.2) is 23.3 Å². The molecule has 3 heteroatoms. The van der Waals surface area contributed by atoms with Crippen molar-refractivity contribution in [2.24, 2.45) is 11.8 Å². The normalized spacial score (nSPS) is 31.9. The molecule has 0 bridgehead atoms. The van der Waals surface area contributed by atoms with Gasteiger partial charge in [-0.3, -0.25) is 14.5 Å². The van der Waals surface area contributed by atoms with Crippen LogP contribution in [0.5, 0.6) is 0 Å². The minimum absolute atomic E-state index is 0.144. The molecule has 1 aliphatic carbocycles. The second-order valence-electron chi connectivity index (χ2n) is 4.29. The van der Waals surface area contributed by atoms with Crippen LogP contribution < -0.4 is 0 Å². The molecule has 1 aliphatic heterocycles. The minimum atomic E-state index is -0.144. The van der Waals surface area contributed by atoms with Gasteiger partial charge in [0.15, 0.2) is 0 Å². The lowest BCUT2D eigenvalue weighted by Crippen LogP contribution is -2.35. The summed E-state index contributed by atoms with van der Waals surface area (Å²) in [6.45, 7) is 2.82. The third-order valence-corrected chi connectivity index (χ3v) is 3.36. The summed E-state index contributed by atoms with van der Waals surface area (Å²) in [5.74, 6) is 0.877. The summed E-state index contributed by atoms with van der Waals surface area (Å²) in [5.41, 5.74) is 0. The van der Waals surface area contributed by atoms with E-state index in [2.05, 4.69) is 6.92 Å². The van der Waals surface area contributed by atoms with E-state index in [4.69, 9.17) is 0 Å². The first kappa shape index (κ1) is 9.44. The van der Waals surface area contributed by atoms with Crippen molar-refractivity contribution in [2.75, 3.05) is 6.54 Å². The van der Waals surface area contributed by atoms with Crippen molar-refractivity contribution in [3.8, 4) is 0 Å². The molecule has 0 aromatic rings. The maximum absolute atomic E-state index is 11.3. The first-order valence-electron chi connectivity index (χ1n) is 5.22. The molecule has 3 nitrogen and oxygen atoms in total. The fourth-order valence-electron chi connectivity index (χ4n) is 2.34. The summed E-state index contributed by atoms with van der Waals surface area (Å²) in [7, 11) is 0. The standard InChI is InChI=1S/C11H15NO2/c1-8-3-2-4-9(8)7-12-10(13)5-6-11(12)14/h5-6,8-9H,2-4,7H2,1H3. The highest BCUT2D eigenvalue weighted by molar-refractivity contribution is 6.12. The molecule has 14 heavy (non-hydrogen) atoms. The van der Waals surface area contributed by atoms with Gasteiger partial charge in [-0.15, -0.1) is 0 Å². The van der Waals surface area contributed by atoms with Crippen LogP contribution in [-0.2, 0) is 9.59 Å². The van der Waals surface area contributed by atoms with Gasteiger partial charge in [-0.2, -0.15) is 0 Å². The van der Waals surface area contributed by atoms with E-state index >= 15 is 0 Å². The maximum Gasteiger partial charge on any atom is 0.253 e. The molecular formula is C11H15NO2. The Balaban J connectivity index is 1.97. The lowest BCUT2D eigenvalue weighted by Gasteiger charge is -2.21. The second kappa shape index (κ2) is 3.56. The molecule has 0 aromatic heterocycles. The van der Waals surface area contributed by atoms with Crippen LogP contribution >= 0.6 is 0 Å². The molecule has 0 N–H and O–H groups in total. The molecule has 0 radical (unpaired) electrons. The van der Waals surface area contributed by atoms with Gasteiger partial charge in [0.25, 0.3) is 11.8 Å². The number of hydrogen-bond acceptors (Lipinski definition) is 2. The summed E-state index contributed by atoms with van der Waals surface area (Å²) in [5, 5.41) is 0. The van der Waals surface area contributed by atoms with Crippen molar-refractivity contribution < 1.29 is 9.59 Å². The molecular weight excluding hydrogens is 178 g/mol. The second-order valence-corrected chi connectivity index (χ2v) is 4.29. The van der Waals surface area contributed by atoms with E-state index < -0.39 is 0 Å². The third-order valence-electron chi connectivity index (χ3n) is 3.36. The van der Waals surface area contributed by atoms with Gasteiger partial charge in [0, 0.05) is 18.7 Å². The highest BCUT2D eigenvalue weighted by Crippen LogP contribution is 2.32. The smallest absolute Gasteiger partial charge is 0.253 e. The summed E-state index contributed by atoms with van der Waals surface area (Å²) in [6.07, 6.45) is 6.34. The molecule has 2 atom stereocenters. The van der Waals surface area contributed by atoms with Crippen molar-refractivity contribution in [3.05, 3.63) is 12.2 Å². The van der Waals surface area contributed by atoms with E-state index in [-0.39, 0.29) is 11.8 Å². The predicted molar refractivity (Wildman–Crippen MR) is 52.4 cm³/mol. The first-order chi connectivity index (χ1) is 6.68. The van der Waals surface area contributed by atoms with Crippen LogP contribution in [0.2, 0.25) is 0 Å². The topological polar surface area (TPSA) is 37.4 Å². The average molecular weight is 193 g/mol. The van der Waals surface area contributed by atoms with Gasteiger partial charge in [0.2, 0.25) is 0 Å². The molecule has 0 aromatic carbocycles. The fraction of sp³-hybridized carbons (Fsp3) is 0.636. The number of nitrogens with zero attached hydrogens (tertiary/aromatic N) is 1. The Labute approximate surface area is 83.8 Å². The van der Waals surface area contributed by atoms with Gasteiger partial charge < -0.3 is 0 Å². The van der Waals surface area contributed by atoms with E-state index in [1.165, 1.54) is 29.9 Å². The lowest BCUT2D eigenvalue weighted by atomic mass is 9.98. The summed E-state index contributed by atoms with van der Waals surface area (Å²) >= 11 is 0. The van der Waals surface area contributed by atoms with Gasteiger partial charge in [-0.1, -0.05) is 19.8 Å². The van der Waals surface area contributed by atoms with Crippen LogP contribution in [0.1, 0.15) is 26.2 Å². The summed E-state index contributed by atoms with van der Waals surface area (Å²) < 4.78 is 0. The number of amides is 2. The molecule has 2 rings (SSSR count). The zero-order valence-electron chi connectivity index (χ0n) is 8.40. The molecule has 1 fully saturated rings. The third kappa shape index (κ3) is 1.59. The van der Waals surface area contributed by atoms with Crippen molar-refractivity contribution in [2.45, 2.75) is 26.2 Å². The van der Waals surface area contributed by atoms with E-state index in [9.17, 15) is 9.59 Å². The molecule has 0 spiro atoms. The SMILES string of the molecule is CC1CCCC1CN1C(=O)C=CC1=O. The molecule has 2 aliphatic rings. The minimum Gasteiger partial charge on any atom is -0.275 e. The number of carbonyl (C=O) groups excluding carboxylic acids is 2. The van der Waals surface area contributed by atoms with Crippen LogP contribution in [0.25, 0.3) is 0 Å². The van der Waals surface area contributed by atoms with Crippen LogP contribution in [0.4, 0.5) is 0 Å². The summed E-state index contributed by atoms with van der Waals surface area (Å²) in [6, 6.07) is 0. The van der Waals surface area contributed by atoms with Crippen LogP contribution in [0.3, 0.4) is 0 Å². The zero-order chi connectivity index (χ0) is 10.1. The molecule has 1 heterocycles. The van der Waals surface area contributed by atoms with Crippen molar-refractivity contribution in [1.29, 1.82) is 0 Å². The van der Waals surface area contributed by atoms with Gasteiger partial charge in [0.05, 0.1) is 0 Å². The zero-order valence-corrected chi connectivity index (χ0v) is 8.40. The highest BCUT2D eigenvalue weighted by Gasteiger charge is 2.30. The quantitative estimate of drug-likeness (QED) is 0.621. The molecule has 76 valence electrons. The lowest BCUT2D eigenvalue weighted by molar-refractivity contribution is -0.137. The van der Waals surface area contributed by atoms with E-state index in [1.54, 1.807) is 0 Å². The molecule has 1 saturated carbocycles. The largest absolute Gasteiger partial charge is 0.275 e. The number of hydrogen-bond donors (Lipinski definition) is 0. The van der Waals surface area contributed by atoms with Crippen molar-refractivity contribution in [3.63, 3.8) is 0 Å².